The summed E-state index contributed by atoms with van der Waals surface area (Å²) in [7, 11) is 0. The van der Waals surface area contributed by atoms with E-state index in [1.165, 1.54) is 39.0 Å². The Hall–Kier alpha value is -2.86. The van der Waals surface area contributed by atoms with Crippen molar-refractivity contribution in [3.63, 3.8) is 0 Å². The molecule has 0 spiro atoms. The number of benzene rings is 3. The fourth-order valence-corrected chi connectivity index (χ4v) is 3.37. The van der Waals surface area contributed by atoms with E-state index in [2.05, 4.69) is 95.0 Å². The average molecular weight is 338 g/mol. The molecule has 3 aromatic carbocycles. The topological polar surface area (TPSA) is 0 Å². The van der Waals surface area contributed by atoms with Crippen LogP contribution < -0.4 is 10.4 Å². The van der Waals surface area contributed by atoms with Crippen molar-refractivity contribution in [2.75, 3.05) is 0 Å². The Morgan fingerprint density at radius 3 is 2.19 bits per heavy atom. The molecule has 0 bridgehead atoms. The minimum Gasteiger partial charge on any atom is -0.0912 e. The van der Waals surface area contributed by atoms with E-state index in [4.69, 9.17) is 0 Å². The van der Waals surface area contributed by atoms with Crippen LogP contribution in [0.5, 0.6) is 0 Å². The van der Waals surface area contributed by atoms with E-state index < -0.39 is 0 Å². The fraction of sp³-hybridized carbons (Fsp3) is 0.154. The van der Waals surface area contributed by atoms with Crippen LogP contribution in [0.25, 0.3) is 29.4 Å². The Labute approximate surface area is 156 Å². The summed E-state index contributed by atoms with van der Waals surface area (Å²) in [6, 6.07) is 21.7. The summed E-state index contributed by atoms with van der Waals surface area (Å²) in [6.45, 7) is 12.8. The first-order valence-corrected chi connectivity index (χ1v) is 9.06. The molecular weight excluding hydrogens is 312 g/mol. The molecule has 130 valence electrons. The smallest absolute Gasteiger partial charge is 0.0178 e. The zero-order valence-corrected chi connectivity index (χ0v) is 16.1. The Morgan fingerprint density at radius 1 is 0.808 bits per heavy atom. The van der Waals surface area contributed by atoms with E-state index in [1.54, 1.807) is 0 Å². The number of allylic oxidation sites excluding steroid dienone is 2. The van der Waals surface area contributed by atoms with E-state index in [0.29, 0.717) is 0 Å². The van der Waals surface area contributed by atoms with Crippen molar-refractivity contribution in [2.24, 2.45) is 0 Å². The minimum absolute atomic E-state index is 1.05. The molecule has 0 radical (unpaired) electrons. The van der Waals surface area contributed by atoms with Crippen molar-refractivity contribution in [2.45, 2.75) is 27.7 Å². The van der Waals surface area contributed by atoms with Crippen LogP contribution in [-0.4, -0.2) is 0 Å². The fourth-order valence-electron chi connectivity index (χ4n) is 3.37. The molecule has 0 unspecified atom stereocenters. The molecule has 0 aliphatic heterocycles. The molecule has 0 heterocycles. The number of aryl methyl sites for hydroxylation is 3. The maximum Gasteiger partial charge on any atom is -0.0178 e. The predicted octanol–water partition coefficient (Wildman–Crippen LogP) is 5.57. The largest absolute Gasteiger partial charge is 0.0912 e. The molecule has 0 heteroatoms. The van der Waals surface area contributed by atoms with E-state index in [9.17, 15) is 0 Å². The molecule has 0 amide bonds. The van der Waals surface area contributed by atoms with Gasteiger partial charge in [-0.05, 0) is 72.0 Å². The van der Waals surface area contributed by atoms with E-state index >= 15 is 0 Å². The van der Waals surface area contributed by atoms with Gasteiger partial charge in [0.15, 0.2) is 0 Å². The lowest BCUT2D eigenvalue weighted by Crippen LogP contribution is -2.21. The summed E-state index contributed by atoms with van der Waals surface area (Å²) >= 11 is 0. The molecule has 26 heavy (non-hydrogen) atoms. The highest BCUT2D eigenvalue weighted by Crippen LogP contribution is 2.28. The van der Waals surface area contributed by atoms with Gasteiger partial charge >= 0.3 is 0 Å². The first kappa shape index (κ1) is 17.9. The molecule has 0 atom stereocenters. The van der Waals surface area contributed by atoms with E-state index in [1.807, 2.05) is 12.1 Å². The van der Waals surface area contributed by atoms with Gasteiger partial charge < -0.3 is 0 Å². The van der Waals surface area contributed by atoms with Crippen LogP contribution in [0.4, 0.5) is 0 Å². The lowest BCUT2D eigenvalue weighted by molar-refractivity contribution is 1.37. The molecule has 3 rings (SSSR count). The summed E-state index contributed by atoms with van der Waals surface area (Å²) in [5, 5.41) is 2.22. The Kier molecular flexibility index (Phi) is 5.23. The van der Waals surface area contributed by atoms with Gasteiger partial charge in [-0.1, -0.05) is 84.5 Å². The second-order valence-electron chi connectivity index (χ2n) is 7.12. The second kappa shape index (κ2) is 7.58. The highest BCUT2D eigenvalue weighted by Gasteiger charge is 2.05. The first-order chi connectivity index (χ1) is 12.4. The monoisotopic (exact) mass is 338 g/mol. The van der Waals surface area contributed by atoms with Gasteiger partial charge in [0.25, 0.3) is 0 Å². The van der Waals surface area contributed by atoms with E-state index in [0.717, 1.165) is 10.4 Å². The van der Waals surface area contributed by atoms with Crippen molar-refractivity contribution >= 4 is 18.2 Å². The number of hydrogen-bond acceptors (Lipinski definition) is 0. The SMILES string of the molecule is C=c1cccc/c1=C/C=C(\C)c1cc(-c2cc(C)cc(C)c2)ccc1C. The zero-order chi connectivity index (χ0) is 18.7. The normalized spacial score (nSPS) is 12.5. The summed E-state index contributed by atoms with van der Waals surface area (Å²) in [6.07, 6.45) is 4.35. The molecule has 0 aliphatic carbocycles. The third-order valence-electron chi connectivity index (χ3n) is 4.79. The van der Waals surface area contributed by atoms with Crippen molar-refractivity contribution in [1.29, 1.82) is 0 Å². The van der Waals surface area contributed by atoms with Gasteiger partial charge in [-0.3, -0.25) is 0 Å². The minimum atomic E-state index is 1.05. The summed E-state index contributed by atoms with van der Waals surface area (Å²) < 4.78 is 0. The quantitative estimate of drug-likeness (QED) is 0.585. The first-order valence-electron chi connectivity index (χ1n) is 9.06. The van der Waals surface area contributed by atoms with Crippen molar-refractivity contribution in [1.82, 2.24) is 0 Å². The number of rotatable bonds is 3. The molecule has 0 nitrogen and oxygen atoms in total. The average Bonchev–Trinajstić information content (AvgIpc) is 2.60. The molecule has 3 aromatic rings. The van der Waals surface area contributed by atoms with Crippen molar-refractivity contribution in [3.8, 4) is 11.1 Å². The van der Waals surface area contributed by atoms with E-state index in [-0.39, 0.29) is 0 Å². The van der Waals surface area contributed by atoms with Crippen LogP contribution in [0.1, 0.15) is 29.2 Å². The van der Waals surface area contributed by atoms with Crippen LogP contribution >= 0.6 is 0 Å². The van der Waals surface area contributed by atoms with Gasteiger partial charge in [-0.15, -0.1) is 0 Å². The molecule has 0 saturated carbocycles. The van der Waals surface area contributed by atoms with Crippen LogP contribution in [-0.2, 0) is 0 Å². The van der Waals surface area contributed by atoms with Crippen LogP contribution in [0.2, 0.25) is 0 Å². The zero-order valence-electron chi connectivity index (χ0n) is 16.1. The van der Waals surface area contributed by atoms with Gasteiger partial charge in [-0.25, -0.2) is 0 Å². The molecular formula is C26H26. The second-order valence-corrected chi connectivity index (χ2v) is 7.12. The third kappa shape index (κ3) is 4.03. The molecule has 0 aliphatic rings. The Bertz CT molecular complexity index is 1060. The molecule has 0 saturated heterocycles. The molecule has 0 fully saturated rings. The summed E-state index contributed by atoms with van der Waals surface area (Å²) in [5.74, 6) is 0. The number of hydrogen-bond donors (Lipinski definition) is 0. The molecule has 0 N–H and O–H groups in total. The maximum atomic E-state index is 4.10. The summed E-state index contributed by atoms with van der Waals surface area (Å²) in [5.41, 5.74) is 9.00. The maximum absolute atomic E-state index is 4.10. The Balaban J connectivity index is 2.05. The van der Waals surface area contributed by atoms with Crippen molar-refractivity contribution in [3.05, 3.63) is 99.4 Å². The van der Waals surface area contributed by atoms with Gasteiger partial charge in [0, 0.05) is 0 Å². The third-order valence-corrected chi connectivity index (χ3v) is 4.79. The highest BCUT2D eigenvalue weighted by atomic mass is 14.1. The Morgan fingerprint density at radius 2 is 1.50 bits per heavy atom. The molecule has 0 aromatic heterocycles. The van der Waals surface area contributed by atoms with Gasteiger partial charge in [0.05, 0.1) is 0 Å². The van der Waals surface area contributed by atoms with Gasteiger partial charge in [0.1, 0.15) is 0 Å². The van der Waals surface area contributed by atoms with Crippen LogP contribution in [0, 0.1) is 20.8 Å². The van der Waals surface area contributed by atoms with Crippen LogP contribution in [0.15, 0.2) is 66.7 Å². The predicted molar refractivity (Wildman–Crippen MR) is 115 cm³/mol. The van der Waals surface area contributed by atoms with Crippen LogP contribution in [0.3, 0.4) is 0 Å². The van der Waals surface area contributed by atoms with Gasteiger partial charge in [0.2, 0.25) is 0 Å². The summed E-state index contributed by atoms with van der Waals surface area (Å²) in [4.78, 5) is 0. The standard InChI is InChI=1S/C26H26/c1-18-14-19(2)16-25(15-18)24-13-11-22(5)26(17-24)21(4)10-12-23-9-7-6-8-20(23)3/h6-17H,3H2,1-2,4-5H3/b21-10+,23-12-. The van der Waals surface area contributed by atoms with Crippen molar-refractivity contribution < 1.29 is 0 Å². The lowest BCUT2D eigenvalue weighted by Gasteiger charge is -2.11. The highest BCUT2D eigenvalue weighted by molar-refractivity contribution is 5.76. The van der Waals surface area contributed by atoms with Gasteiger partial charge in [-0.2, -0.15) is 0 Å². The lowest BCUT2D eigenvalue weighted by atomic mass is 9.94.